The summed E-state index contributed by atoms with van der Waals surface area (Å²) < 4.78 is 13.2. The van der Waals surface area contributed by atoms with Crippen LogP contribution in [-0.4, -0.2) is 29.0 Å². The summed E-state index contributed by atoms with van der Waals surface area (Å²) in [5.41, 5.74) is 3.46. The smallest absolute Gasteiger partial charge is 0.276 e. The van der Waals surface area contributed by atoms with Gasteiger partial charge in [0.15, 0.2) is 0 Å². The van der Waals surface area contributed by atoms with Crippen molar-refractivity contribution in [3.63, 3.8) is 0 Å². The van der Waals surface area contributed by atoms with Crippen LogP contribution in [0.1, 0.15) is 5.69 Å². The maximum Gasteiger partial charge on any atom is 0.276 e. The Bertz CT molecular complexity index is 1490. The van der Waals surface area contributed by atoms with Gasteiger partial charge in [0.05, 0.1) is 42.6 Å². The molecule has 0 bridgehead atoms. The normalized spacial score (nSPS) is 11.2. The van der Waals surface area contributed by atoms with Crippen LogP contribution in [0.2, 0.25) is 0 Å². The zero-order valence-corrected chi connectivity index (χ0v) is 18.6. The number of hydrogen-bond donors (Lipinski definition) is 0. The number of ether oxygens (including phenoxy) is 2. The molecule has 0 N–H and O–H groups in total. The van der Waals surface area contributed by atoms with E-state index in [1.165, 1.54) is 16.0 Å². The van der Waals surface area contributed by atoms with Crippen molar-refractivity contribution in [3.05, 3.63) is 82.2 Å². The average Bonchev–Trinajstić information content (AvgIpc) is 3.28. The number of nitrogens with zero attached hydrogens (tertiary/aromatic N) is 3. The van der Waals surface area contributed by atoms with Gasteiger partial charge in [-0.1, -0.05) is 24.3 Å². The molecular weight excluding hydrogens is 422 g/mol. The first-order chi connectivity index (χ1) is 15.7. The molecule has 3 aromatic heterocycles. The Morgan fingerprint density at radius 3 is 2.72 bits per heavy atom. The predicted octanol–water partition coefficient (Wildman–Crippen LogP) is 4.93. The van der Waals surface area contributed by atoms with Crippen LogP contribution in [0, 0.1) is 0 Å². The summed E-state index contributed by atoms with van der Waals surface area (Å²) in [6.07, 6.45) is 2.38. The Labute approximate surface area is 188 Å². The number of thiophene rings is 1. The van der Waals surface area contributed by atoms with Crippen molar-refractivity contribution in [2.45, 2.75) is 13.0 Å². The van der Waals surface area contributed by atoms with E-state index in [4.69, 9.17) is 14.5 Å². The number of benzene rings is 2. The predicted molar refractivity (Wildman–Crippen MR) is 128 cm³/mol. The Morgan fingerprint density at radius 2 is 1.88 bits per heavy atom. The number of rotatable bonds is 6. The van der Waals surface area contributed by atoms with Crippen molar-refractivity contribution in [3.8, 4) is 22.6 Å². The largest absolute Gasteiger partial charge is 0.497 e. The second-order valence-electron chi connectivity index (χ2n) is 7.37. The minimum atomic E-state index is -0.114. The third-order valence-corrected chi connectivity index (χ3v) is 6.43. The summed E-state index contributed by atoms with van der Waals surface area (Å²) in [5, 5.41) is 8.13. The summed E-state index contributed by atoms with van der Waals surface area (Å²) in [6.45, 7) is 0.454. The molecule has 0 aliphatic carbocycles. The fraction of sp³-hybridized carbons (Fsp3) is 0.160. The minimum absolute atomic E-state index is 0.114. The van der Waals surface area contributed by atoms with E-state index in [1.54, 1.807) is 20.4 Å². The van der Waals surface area contributed by atoms with Gasteiger partial charge in [-0.05, 0) is 24.3 Å². The number of aryl methyl sites for hydroxylation is 2. The van der Waals surface area contributed by atoms with Crippen molar-refractivity contribution in [1.29, 1.82) is 0 Å². The van der Waals surface area contributed by atoms with E-state index in [-0.39, 0.29) is 5.56 Å². The van der Waals surface area contributed by atoms with Crippen molar-refractivity contribution in [2.24, 2.45) is 0 Å². The lowest BCUT2D eigenvalue weighted by Gasteiger charge is -2.10. The molecule has 7 heteroatoms. The molecular formula is C25H21N3O3S. The Balaban J connectivity index is 1.50. The third kappa shape index (κ3) is 3.61. The third-order valence-electron chi connectivity index (χ3n) is 5.52. The van der Waals surface area contributed by atoms with Gasteiger partial charge in [0.25, 0.3) is 5.56 Å². The van der Waals surface area contributed by atoms with E-state index in [9.17, 15) is 4.79 Å². The molecule has 0 saturated heterocycles. The molecule has 3 heterocycles. The number of aromatic nitrogens is 3. The number of hydrogen-bond acceptors (Lipinski definition) is 6. The molecule has 0 atom stereocenters. The molecule has 5 rings (SSSR count). The molecule has 6 nitrogen and oxygen atoms in total. The SMILES string of the molecule is COc1ccc(-c2csc3cnn(CCc4ccc5ccccc5n4)c(=O)c23)c(OC)c1. The van der Waals surface area contributed by atoms with Crippen LogP contribution in [0.3, 0.4) is 0 Å². The Kier molecular flexibility index (Phi) is 5.33. The second kappa shape index (κ2) is 8.43. The van der Waals surface area contributed by atoms with Gasteiger partial charge in [0.2, 0.25) is 0 Å². The molecule has 0 aliphatic heterocycles. The highest BCUT2D eigenvalue weighted by atomic mass is 32.1. The van der Waals surface area contributed by atoms with Gasteiger partial charge in [-0.3, -0.25) is 9.78 Å². The Hall–Kier alpha value is -3.71. The van der Waals surface area contributed by atoms with Crippen molar-refractivity contribution < 1.29 is 9.47 Å². The molecule has 160 valence electrons. The van der Waals surface area contributed by atoms with E-state index in [2.05, 4.69) is 11.2 Å². The number of para-hydroxylation sites is 1. The van der Waals surface area contributed by atoms with Crippen molar-refractivity contribution >= 4 is 32.3 Å². The van der Waals surface area contributed by atoms with Crippen LogP contribution in [-0.2, 0) is 13.0 Å². The lowest BCUT2D eigenvalue weighted by atomic mass is 10.0. The minimum Gasteiger partial charge on any atom is -0.497 e. The lowest BCUT2D eigenvalue weighted by molar-refractivity contribution is 0.395. The van der Waals surface area contributed by atoms with Gasteiger partial charge in [-0.15, -0.1) is 11.3 Å². The fourth-order valence-corrected chi connectivity index (χ4v) is 4.75. The molecule has 0 unspecified atom stereocenters. The summed E-state index contributed by atoms with van der Waals surface area (Å²) in [7, 11) is 3.23. The van der Waals surface area contributed by atoms with Crippen LogP contribution in [0.4, 0.5) is 0 Å². The van der Waals surface area contributed by atoms with Crippen molar-refractivity contribution in [1.82, 2.24) is 14.8 Å². The first-order valence-corrected chi connectivity index (χ1v) is 11.1. The fourth-order valence-electron chi connectivity index (χ4n) is 3.84. The standard InChI is InChI=1S/C25H21N3O3S/c1-30-18-9-10-19(22(13-18)31-2)20-15-32-23-14-26-28(25(29)24(20)23)12-11-17-8-7-16-5-3-4-6-21(16)27-17/h3-10,13-15H,11-12H2,1-2H3. The molecule has 0 saturated carbocycles. The van der Waals surface area contributed by atoms with Crippen LogP contribution < -0.4 is 15.0 Å². The molecule has 0 radical (unpaired) electrons. The number of pyridine rings is 1. The summed E-state index contributed by atoms with van der Waals surface area (Å²) in [4.78, 5) is 18.1. The molecule has 2 aromatic carbocycles. The van der Waals surface area contributed by atoms with E-state index in [1.807, 2.05) is 53.9 Å². The maximum absolute atomic E-state index is 13.4. The highest BCUT2D eigenvalue weighted by Crippen LogP contribution is 2.38. The quantitative estimate of drug-likeness (QED) is 0.372. The summed E-state index contributed by atoms with van der Waals surface area (Å²) in [5.74, 6) is 1.36. The van der Waals surface area contributed by atoms with Crippen LogP contribution in [0.5, 0.6) is 11.5 Å². The van der Waals surface area contributed by atoms with Gasteiger partial charge >= 0.3 is 0 Å². The van der Waals surface area contributed by atoms with Gasteiger partial charge in [-0.2, -0.15) is 5.10 Å². The molecule has 0 amide bonds. The highest BCUT2D eigenvalue weighted by molar-refractivity contribution is 7.17. The molecule has 0 fully saturated rings. The average molecular weight is 444 g/mol. The summed E-state index contributed by atoms with van der Waals surface area (Å²) in [6, 6.07) is 17.7. The van der Waals surface area contributed by atoms with Gasteiger partial charge in [-0.25, -0.2) is 4.68 Å². The Morgan fingerprint density at radius 1 is 1.00 bits per heavy atom. The zero-order chi connectivity index (χ0) is 22.1. The van der Waals surface area contributed by atoms with E-state index < -0.39 is 0 Å². The molecule has 32 heavy (non-hydrogen) atoms. The number of methoxy groups -OCH3 is 2. The monoisotopic (exact) mass is 443 g/mol. The van der Waals surface area contributed by atoms with Crippen molar-refractivity contribution in [2.75, 3.05) is 14.2 Å². The highest BCUT2D eigenvalue weighted by Gasteiger charge is 2.17. The van der Waals surface area contributed by atoms with Gasteiger partial charge in [0.1, 0.15) is 11.5 Å². The van der Waals surface area contributed by atoms with Crippen LogP contribution >= 0.6 is 11.3 Å². The van der Waals surface area contributed by atoms with Gasteiger partial charge < -0.3 is 9.47 Å². The van der Waals surface area contributed by atoms with E-state index in [0.717, 1.165) is 32.4 Å². The maximum atomic E-state index is 13.4. The van der Waals surface area contributed by atoms with E-state index >= 15 is 0 Å². The number of fused-ring (bicyclic) bond motifs is 2. The van der Waals surface area contributed by atoms with Gasteiger partial charge in [0, 0.05) is 40.1 Å². The first-order valence-electron chi connectivity index (χ1n) is 10.2. The second-order valence-corrected chi connectivity index (χ2v) is 8.28. The molecule has 5 aromatic rings. The first kappa shape index (κ1) is 20.2. The molecule has 0 aliphatic rings. The topological polar surface area (TPSA) is 66.2 Å². The zero-order valence-electron chi connectivity index (χ0n) is 17.7. The molecule has 0 spiro atoms. The van der Waals surface area contributed by atoms with Crippen LogP contribution in [0.25, 0.3) is 32.1 Å². The summed E-state index contributed by atoms with van der Waals surface area (Å²) >= 11 is 1.50. The lowest BCUT2D eigenvalue weighted by Crippen LogP contribution is -2.23. The van der Waals surface area contributed by atoms with Crippen LogP contribution in [0.15, 0.2) is 71.0 Å². The van der Waals surface area contributed by atoms with E-state index in [0.29, 0.717) is 29.9 Å².